The molecule has 5 rings (SSSR count). The highest BCUT2D eigenvalue weighted by atomic mass is 32.2. The van der Waals surface area contributed by atoms with Crippen molar-refractivity contribution in [3.63, 3.8) is 0 Å². The molecule has 3 amide bonds. The summed E-state index contributed by atoms with van der Waals surface area (Å²) < 4.78 is 39.8. The van der Waals surface area contributed by atoms with Gasteiger partial charge in [0.05, 0.1) is 11.7 Å². The number of sulfonamides is 1. The summed E-state index contributed by atoms with van der Waals surface area (Å²) in [5, 5.41) is 12.1. The standard InChI is InChI=1S/C18H16FN5O4S2/c1-9-21-22-17(29-9)12-4-10-5-14(12)23(7-10)16(25)8-24-18(26)20-13-3-2-11(19)6-15(13)30(24,27)28/h2-4,6,10,14H,5,7-8H2,1H3,(H,20,26)/t10-,14-/m0/s1. The molecule has 2 aromatic rings. The lowest BCUT2D eigenvalue weighted by Crippen LogP contribution is -2.50. The molecule has 2 atom stereocenters. The zero-order chi connectivity index (χ0) is 21.2. The van der Waals surface area contributed by atoms with Crippen molar-refractivity contribution < 1.29 is 22.4 Å². The Kier molecular flexibility index (Phi) is 4.19. The van der Waals surface area contributed by atoms with Crippen LogP contribution < -0.4 is 5.32 Å². The maximum atomic E-state index is 13.6. The number of anilines is 1. The van der Waals surface area contributed by atoms with Crippen LogP contribution in [0, 0.1) is 18.7 Å². The first-order chi connectivity index (χ1) is 14.2. The smallest absolute Gasteiger partial charge is 0.333 e. The molecule has 0 saturated carbocycles. The SMILES string of the molecule is Cc1nnc(C2=C[C@H]3C[C@@H]2N(C(=O)CN2C(=O)Nc4ccc(F)cc4S2(=O)=O)C3)s1. The van der Waals surface area contributed by atoms with E-state index >= 15 is 0 Å². The predicted molar refractivity (Wildman–Crippen MR) is 106 cm³/mol. The monoisotopic (exact) mass is 449 g/mol. The van der Waals surface area contributed by atoms with Crippen molar-refractivity contribution in [2.75, 3.05) is 18.4 Å². The van der Waals surface area contributed by atoms with Crippen LogP contribution in [0.15, 0.2) is 29.2 Å². The van der Waals surface area contributed by atoms with Crippen molar-refractivity contribution in [3.05, 3.63) is 40.1 Å². The van der Waals surface area contributed by atoms with Gasteiger partial charge in [0.25, 0.3) is 10.0 Å². The normalized spacial score (nSPS) is 23.9. The summed E-state index contributed by atoms with van der Waals surface area (Å²) in [6, 6.07) is 1.90. The number of carbonyl (C=O) groups is 2. The van der Waals surface area contributed by atoms with Crippen molar-refractivity contribution >= 4 is 44.6 Å². The Labute approximate surface area is 175 Å². The number of benzene rings is 1. The minimum absolute atomic E-state index is 0.0119. The van der Waals surface area contributed by atoms with Crippen molar-refractivity contribution in [1.29, 1.82) is 0 Å². The lowest BCUT2D eigenvalue weighted by atomic mass is 10.1. The van der Waals surface area contributed by atoms with Crippen LogP contribution in [0.5, 0.6) is 0 Å². The Balaban J connectivity index is 1.40. The lowest BCUT2D eigenvalue weighted by molar-refractivity contribution is -0.131. The number of likely N-dealkylation sites (tertiary alicyclic amines) is 1. The van der Waals surface area contributed by atoms with Crippen LogP contribution in [-0.2, 0) is 14.8 Å². The van der Waals surface area contributed by atoms with Crippen molar-refractivity contribution in [3.8, 4) is 0 Å². The number of halogens is 1. The number of aromatic nitrogens is 2. The second-order valence-electron chi connectivity index (χ2n) is 7.39. The maximum Gasteiger partial charge on any atom is 0.336 e. The fourth-order valence-electron chi connectivity index (χ4n) is 4.14. The van der Waals surface area contributed by atoms with Gasteiger partial charge in [-0.05, 0) is 37.5 Å². The quantitative estimate of drug-likeness (QED) is 0.765. The summed E-state index contributed by atoms with van der Waals surface area (Å²) in [6.45, 7) is 1.64. The number of carbonyl (C=O) groups excluding carboxylic acids is 2. The van der Waals surface area contributed by atoms with Gasteiger partial charge in [-0.25, -0.2) is 21.9 Å². The number of aryl methyl sites for hydroxylation is 1. The molecule has 1 N–H and O–H groups in total. The van der Waals surface area contributed by atoms with Gasteiger partial charge in [-0.15, -0.1) is 10.2 Å². The molecular weight excluding hydrogens is 433 g/mol. The first-order valence-corrected chi connectivity index (χ1v) is 11.4. The third-order valence-electron chi connectivity index (χ3n) is 5.46. The molecule has 0 unspecified atom stereocenters. The molecule has 1 aliphatic carbocycles. The van der Waals surface area contributed by atoms with Crippen LogP contribution in [0.4, 0.5) is 14.9 Å². The van der Waals surface area contributed by atoms with Gasteiger partial charge in [0.2, 0.25) is 5.91 Å². The van der Waals surface area contributed by atoms with Crippen molar-refractivity contribution in [2.45, 2.75) is 24.3 Å². The summed E-state index contributed by atoms with van der Waals surface area (Å²) in [7, 11) is -4.36. The minimum atomic E-state index is -4.36. The number of urea groups is 1. The highest BCUT2D eigenvalue weighted by molar-refractivity contribution is 7.90. The van der Waals surface area contributed by atoms with Gasteiger partial charge in [0.1, 0.15) is 27.3 Å². The number of amides is 3. The zero-order valence-corrected chi connectivity index (χ0v) is 17.3. The van der Waals surface area contributed by atoms with E-state index in [0.29, 0.717) is 10.8 Å². The summed E-state index contributed by atoms with van der Waals surface area (Å²) in [5.74, 6) is -1.09. The maximum absolute atomic E-state index is 13.6. The average molecular weight is 449 g/mol. The summed E-state index contributed by atoms with van der Waals surface area (Å²) in [6.07, 6.45) is 2.81. The van der Waals surface area contributed by atoms with E-state index in [0.717, 1.165) is 34.1 Å². The van der Waals surface area contributed by atoms with Crippen LogP contribution in [0.2, 0.25) is 0 Å². The molecule has 1 aromatic heterocycles. The second-order valence-corrected chi connectivity index (χ2v) is 10.4. The fraction of sp³-hybridized carbons (Fsp3) is 0.333. The molecule has 3 heterocycles. The first-order valence-electron chi connectivity index (χ1n) is 9.19. The van der Waals surface area contributed by atoms with Crippen LogP contribution in [0.25, 0.3) is 5.57 Å². The molecule has 156 valence electrons. The number of fused-ring (bicyclic) bond motifs is 3. The molecule has 1 fully saturated rings. The third kappa shape index (κ3) is 2.89. The third-order valence-corrected chi connectivity index (χ3v) is 8.12. The van der Waals surface area contributed by atoms with Crippen LogP contribution in [0.3, 0.4) is 0 Å². The van der Waals surface area contributed by atoms with E-state index in [2.05, 4.69) is 21.6 Å². The van der Waals surface area contributed by atoms with Gasteiger partial charge < -0.3 is 10.2 Å². The van der Waals surface area contributed by atoms with Crippen LogP contribution in [0.1, 0.15) is 16.4 Å². The van der Waals surface area contributed by atoms with Crippen LogP contribution >= 0.6 is 11.3 Å². The number of nitrogens with one attached hydrogen (secondary N) is 1. The van der Waals surface area contributed by atoms with E-state index in [1.54, 1.807) is 4.90 Å². The zero-order valence-electron chi connectivity index (χ0n) is 15.7. The van der Waals surface area contributed by atoms with Gasteiger partial charge in [-0.2, -0.15) is 0 Å². The molecule has 0 spiro atoms. The number of hydrogen-bond donors (Lipinski definition) is 1. The van der Waals surface area contributed by atoms with Gasteiger partial charge >= 0.3 is 6.03 Å². The Morgan fingerprint density at radius 2 is 2.17 bits per heavy atom. The van der Waals surface area contributed by atoms with Gasteiger partial charge in [0, 0.05) is 12.1 Å². The van der Waals surface area contributed by atoms with E-state index < -0.39 is 34.3 Å². The molecule has 1 saturated heterocycles. The topological polar surface area (TPSA) is 113 Å². The van der Waals surface area contributed by atoms with E-state index in [1.165, 1.54) is 17.4 Å². The molecule has 30 heavy (non-hydrogen) atoms. The van der Waals surface area contributed by atoms with E-state index in [4.69, 9.17) is 0 Å². The highest BCUT2D eigenvalue weighted by Gasteiger charge is 2.45. The number of hydrogen-bond acceptors (Lipinski definition) is 7. The van der Waals surface area contributed by atoms with Gasteiger partial charge in [0.15, 0.2) is 0 Å². The molecule has 2 bridgehead atoms. The summed E-state index contributed by atoms with van der Waals surface area (Å²) >= 11 is 1.43. The Hall–Kier alpha value is -2.86. The van der Waals surface area contributed by atoms with E-state index in [-0.39, 0.29) is 22.5 Å². The summed E-state index contributed by atoms with van der Waals surface area (Å²) in [5.41, 5.74) is 0.894. The molecule has 3 aliphatic rings. The number of rotatable bonds is 3. The van der Waals surface area contributed by atoms with Gasteiger partial charge in [-0.3, -0.25) is 4.79 Å². The largest absolute Gasteiger partial charge is 0.336 e. The van der Waals surface area contributed by atoms with Gasteiger partial charge in [-0.1, -0.05) is 17.4 Å². The van der Waals surface area contributed by atoms with Crippen molar-refractivity contribution in [2.24, 2.45) is 5.92 Å². The Bertz CT molecular complexity index is 1220. The Morgan fingerprint density at radius 3 is 2.87 bits per heavy atom. The lowest BCUT2D eigenvalue weighted by Gasteiger charge is -2.32. The highest BCUT2D eigenvalue weighted by Crippen LogP contribution is 2.42. The van der Waals surface area contributed by atoms with E-state index in [1.807, 2.05) is 6.92 Å². The minimum Gasteiger partial charge on any atom is -0.333 e. The fourth-order valence-corrected chi connectivity index (χ4v) is 6.35. The van der Waals surface area contributed by atoms with Crippen LogP contribution in [-0.4, -0.2) is 58.9 Å². The second kappa shape index (κ2) is 6.57. The first kappa shape index (κ1) is 19.1. The molecule has 0 radical (unpaired) electrons. The Morgan fingerprint density at radius 1 is 1.37 bits per heavy atom. The molecule has 1 aromatic carbocycles. The molecule has 12 heteroatoms. The molecule has 9 nitrogen and oxygen atoms in total. The van der Waals surface area contributed by atoms with Crippen molar-refractivity contribution in [1.82, 2.24) is 19.4 Å². The predicted octanol–water partition coefficient (Wildman–Crippen LogP) is 1.84. The summed E-state index contributed by atoms with van der Waals surface area (Å²) in [4.78, 5) is 26.6. The number of nitrogens with zero attached hydrogens (tertiary/aromatic N) is 4. The average Bonchev–Trinajstić information content (AvgIpc) is 3.41. The van der Waals surface area contributed by atoms with E-state index in [9.17, 15) is 22.4 Å². The molecule has 2 aliphatic heterocycles. The molecular formula is C18H16FN5O4S2.